The molecule has 1 aliphatic rings. The number of carbonyl (C=O) groups is 1. The Morgan fingerprint density at radius 1 is 1.04 bits per heavy atom. The number of nitrogens with one attached hydrogen (secondary N) is 2. The molecule has 1 aromatic heterocycles. The molecule has 2 heterocycles. The van der Waals surface area contributed by atoms with Crippen LogP contribution in [0.1, 0.15) is 21.7 Å². The fraction of sp³-hybridized carbons (Fsp3) is 0.150. The van der Waals surface area contributed by atoms with Crippen molar-refractivity contribution in [2.75, 3.05) is 12.1 Å². The molecule has 7 heteroatoms. The second kappa shape index (κ2) is 7.75. The highest BCUT2D eigenvalue weighted by Crippen LogP contribution is 2.37. The molecule has 0 fully saturated rings. The molecular formula is C20H17BrN2O4. The summed E-state index contributed by atoms with van der Waals surface area (Å²) in [7, 11) is 0. The van der Waals surface area contributed by atoms with Gasteiger partial charge in [-0.15, -0.1) is 0 Å². The van der Waals surface area contributed by atoms with E-state index in [0.29, 0.717) is 24.4 Å². The number of halogens is 1. The Morgan fingerprint density at radius 3 is 2.67 bits per heavy atom. The van der Waals surface area contributed by atoms with Gasteiger partial charge in [0.25, 0.3) is 5.91 Å². The molecule has 3 aromatic rings. The highest BCUT2D eigenvalue weighted by atomic mass is 79.9. The molecule has 6 nitrogen and oxygen atoms in total. The lowest BCUT2D eigenvalue weighted by atomic mass is 10.1. The van der Waals surface area contributed by atoms with Crippen molar-refractivity contribution < 1.29 is 18.7 Å². The minimum atomic E-state index is -0.167. The monoisotopic (exact) mass is 428 g/mol. The van der Waals surface area contributed by atoms with Crippen molar-refractivity contribution in [1.29, 1.82) is 0 Å². The normalized spacial score (nSPS) is 12.0. The second-order valence-electron chi connectivity index (χ2n) is 5.96. The van der Waals surface area contributed by atoms with E-state index < -0.39 is 0 Å². The zero-order valence-electron chi connectivity index (χ0n) is 14.3. The van der Waals surface area contributed by atoms with Gasteiger partial charge in [0.05, 0.1) is 18.4 Å². The van der Waals surface area contributed by atoms with E-state index in [4.69, 9.17) is 13.9 Å². The predicted molar refractivity (Wildman–Crippen MR) is 104 cm³/mol. The van der Waals surface area contributed by atoms with Crippen molar-refractivity contribution in [2.24, 2.45) is 0 Å². The summed E-state index contributed by atoms with van der Waals surface area (Å²) in [5.41, 5.74) is 2.32. The van der Waals surface area contributed by atoms with Gasteiger partial charge >= 0.3 is 0 Å². The van der Waals surface area contributed by atoms with E-state index in [-0.39, 0.29) is 12.7 Å². The van der Waals surface area contributed by atoms with Crippen molar-refractivity contribution in [2.45, 2.75) is 13.1 Å². The number of ether oxygens (including phenoxy) is 2. The number of hydrogen-bond donors (Lipinski definition) is 2. The van der Waals surface area contributed by atoms with E-state index in [0.717, 1.165) is 27.2 Å². The van der Waals surface area contributed by atoms with Gasteiger partial charge in [0.15, 0.2) is 11.5 Å². The van der Waals surface area contributed by atoms with Crippen molar-refractivity contribution in [3.05, 3.63) is 76.2 Å². The maximum absolute atomic E-state index is 12.6. The van der Waals surface area contributed by atoms with Gasteiger partial charge in [-0.1, -0.05) is 28.1 Å². The van der Waals surface area contributed by atoms with Crippen molar-refractivity contribution in [3.8, 4) is 11.5 Å². The molecule has 0 saturated heterocycles. The second-order valence-corrected chi connectivity index (χ2v) is 6.81. The molecule has 138 valence electrons. The van der Waals surface area contributed by atoms with E-state index in [1.165, 1.54) is 0 Å². The van der Waals surface area contributed by atoms with Crippen LogP contribution in [0.3, 0.4) is 0 Å². The Morgan fingerprint density at radius 2 is 1.85 bits per heavy atom. The van der Waals surface area contributed by atoms with Crippen molar-refractivity contribution in [1.82, 2.24) is 5.32 Å². The van der Waals surface area contributed by atoms with Crippen LogP contribution < -0.4 is 20.1 Å². The molecule has 0 radical (unpaired) electrons. The largest absolute Gasteiger partial charge is 0.467 e. The van der Waals surface area contributed by atoms with Crippen LogP contribution in [0, 0.1) is 0 Å². The van der Waals surface area contributed by atoms with Gasteiger partial charge in [-0.25, -0.2) is 0 Å². The summed E-state index contributed by atoms with van der Waals surface area (Å²) in [6.45, 7) is 1.10. The van der Waals surface area contributed by atoms with Crippen LogP contribution in [0.15, 0.2) is 63.7 Å². The Labute approximate surface area is 164 Å². The molecule has 2 aromatic carbocycles. The lowest BCUT2D eigenvalue weighted by molar-refractivity contribution is 0.0949. The third kappa shape index (κ3) is 3.93. The van der Waals surface area contributed by atoms with E-state index in [2.05, 4.69) is 26.6 Å². The number of hydrogen-bond acceptors (Lipinski definition) is 5. The summed E-state index contributed by atoms with van der Waals surface area (Å²) in [6.07, 6.45) is 1.58. The third-order valence-corrected chi connectivity index (χ3v) is 4.92. The minimum absolute atomic E-state index is 0.167. The van der Waals surface area contributed by atoms with Gasteiger partial charge < -0.3 is 24.5 Å². The summed E-state index contributed by atoms with van der Waals surface area (Å²) in [5.74, 6) is 1.99. The van der Waals surface area contributed by atoms with Gasteiger partial charge in [0.1, 0.15) is 5.76 Å². The first-order chi connectivity index (χ1) is 13.2. The molecule has 1 aliphatic heterocycles. The summed E-state index contributed by atoms with van der Waals surface area (Å²) < 4.78 is 17.0. The number of rotatable bonds is 6. The molecule has 2 N–H and O–H groups in total. The molecular weight excluding hydrogens is 412 g/mol. The smallest absolute Gasteiger partial charge is 0.253 e. The fourth-order valence-electron chi connectivity index (χ4n) is 2.80. The van der Waals surface area contributed by atoms with Gasteiger partial charge in [-0.3, -0.25) is 4.79 Å². The molecule has 0 bridgehead atoms. The van der Waals surface area contributed by atoms with Crippen LogP contribution in [-0.2, 0) is 13.1 Å². The number of para-hydroxylation sites is 1. The van der Waals surface area contributed by atoms with E-state index in [1.807, 2.05) is 36.4 Å². The predicted octanol–water partition coefficient (Wildman–Crippen LogP) is 4.31. The molecule has 4 rings (SSSR count). The number of carbonyl (C=O) groups excluding carboxylic acids is 1. The minimum Gasteiger partial charge on any atom is -0.467 e. The van der Waals surface area contributed by atoms with Gasteiger partial charge in [-0.05, 0) is 42.0 Å². The first kappa shape index (κ1) is 17.5. The quantitative estimate of drug-likeness (QED) is 0.611. The number of anilines is 1. The molecule has 27 heavy (non-hydrogen) atoms. The van der Waals surface area contributed by atoms with Crippen molar-refractivity contribution >= 4 is 27.5 Å². The first-order valence-corrected chi connectivity index (χ1v) is 9.21. The zero-order valence-corrected chi connectivity index (χ0v) is 15.9. The SMILES string of the molecule is O=C(NCc1ccco1)c1ccccc1NCc1cc2c(cc1Br)OCO2. The molecule has 0 unspecified atom stereocenters. The van der Waals surface area contributed by atoms with Crippen LogP contribution in [0.5, 0.6) is 11.5 Å². The fourth-order valence-corrected chi connectivity index (χ4v) is 3.26. The Bertz CT molecular complexity index is 957. The third-order valence-electron chi connectivity index (χ3n) is 4.19. The maximum Gasteiger partial charge on any atom is 0.253 e. The molecule has 1 amide bonds. The highest BCUT2D eigenvalue weighted by molar-refractivity contribution is 9.10. The van der Waals surface area contributed by atoms with Gasteiger partial charge in [-0.2, -0.15) is 0 Å². The number of fused-ring (bicyclic) bond motifs is 1. The lowest BCUT2D eigenvalue weighted by Gasteiger charge is -2.13. The van der Waals surface area contributed by atoms with Crippen LogP contribution in [0.4, 0.5) is 5.69 Å². The van der Waals surface area contributed by atoms with Crippen LogP contribution in [0.2, 0.25) is 0 Å². The summed E-state index contributed by atoms with van der Waals surface area (Å²) in [6, 6.07) is 14.8. The zero-order chi connectivity index (χ0) is 18.6. The lowest BCUT2D eigenvalue weighted by Crippen LogP contribution is -2.23. The van der Waals surface area contributed by atoms with Gasteiger partial charge in [0.2, 0.25) is 6.79 Å². The standard InChI is InChI=1S/C20H17BrN2O4/c21-16-9-19-18(26-12-27-19)8-13(16)10-22-17-6-2-1-5-15(17)20(24)23-11-14-4-3-7-25-14/h1-9,22H,10-12H2,(H,23,24). The Hall–Kier alpha value is -2.93. The first-order valence-electron chi connectivity index (χ1n) is 8.42. The summed E-state index contributed by atoms with van der Waals surface area (Å²) in [5, 5.41) is 6.19. The Balaban J connectivity index is 1.46. The number of furan rings is 1. The van der Waals surface area contributed by atoms with E-state index in [9.17, 15) is 4.79 Å². The molecule has 0 spiro atoms. The Kier molecular flexibility index (Phi) is 5.02. The summed E-state index contributed by atoms with van der Waals surface area (Å²) >= 11 is 3.55. The maximum atomic E-state index is 12.6. The molecule has 0 saturated carbocycles. The average molecular weight is 429 g/mol. The molecule has 0 aliphatic carbocycles. The van der Waals surface area contributed by atoms with Crippen molar-refractivity contribution in [3.63, 3.8) is 0 Å². The van der Waals surface area contributed by atoms with E-state index in [1.54, 1.807) is 18.4 Å². The van der Waals surface area contributed by atoms with E-state index >= 15 is 0 Å². The number of amides is 1. The van der Waals surface area contributed by atoms with Gasteiger partial charge in [0, 0.05) is 16.7 Å². The van der Waals surface area contributed by atoms with Crippen LogP contribution in [0.25, 0.3) is 0 Å². The number of benzene rings is 2. The topological polar surface area (TPSA) is 72.7 Å². The summed E-state index contributed by atoms with van der Waals surface area (Å²) in [4.78, 5) is 12.6. The van der Waals surface area contributed by atoms with Crippen LogP contribution >= 0.6 is 15.9 Å². The molecule has 0 atom stereocenters. The average Bonchev–Trinajstić information content (AvgIpc) is 3.36. The highest BCUT2D eigenvalue weighted by Gasteiger charge is 2.17. The van der Waals surface area contributed by atoms with Crippen LogP contribution in [-0.4, -0.2) is 12.7 Å².